The largest absolute Gasteiger partial charge is 0.481 e. The number of amides is 2. The third-order valence-electron chi connectivity index (χ3n) is 7.04. The van der Waals surface area contributed by atoms with Crippen molar-refractivity contribution in [2.45, 2.75) is 55.7 Å². The van der Waals surface area contributed by atoms with Crippen molar-refractivity contribution in [3.05, 3.63) is 59.7 Å². The van der Waals surface area contributed by atoms with Crippen LogP contribution in [0.5, 0.6) is 0 Å². The van der Waals surface area contributed by atoms with Gasteiger partial charge in [0.25, 0.3) is 0 Å². The second kappa shape index (κ2) is 9.10. The smallest absolute Gasteiger partial charge is 0.407 e. The highest BCUT2D eigenvalue weighted by Crippen LogP contribution is 2.45. The topological polar surface area (TPSA) is 114 Å². The Bertz CT molecular complexity index is 1060. The molecule has 2 aromatic carbocycles. The molecule has 2 fully saturated rings. The first-order valence-corrected chi connectivity index (χ1v) is 11.7. The zero-order chi connectivity index (χ0) is 23.7. The van der Waals surface area contributed by atoms with E-state index in [0.717, 1.165) is 47.9 Å². The normalized spacial score (nSPS) is 20.6. The average molecular weight is 465 g/mol. The molecule has 34 heavy (non-hydrogen) atoms. The Hall–Kier alpha value is -3.39. The van der Waals surface area contributed by atoms with Crippen LogP contribution >= 0.6 is 0 Å². The van der Waals surface area contributed by atoms with Crippen LogP contribution in [0.1, 0.15) is 49.1 Å². The first kappa shape index (κ1) is 22.4. The minimum Gasteiger partial charge on any atom is -0.481 e. The summed E-state index contributed by atoms with van der Waals surface area (Å²) in [5, 5.41) is 14.7. The third-order valence-corrected chi connectivity index (χ3v) is 7.04. The molecule has 5 rings (SSSR count). The first-order chi connectivity index (χ1) is 16.5. The van der Waals surface area contributed by atoms with E-state index in [0.29, 0.717) is 6.61 Å². The minimum absolute atomic E-state index is 0.0589. The van der Waals surface area contributed by atoms with Crippen molar-refractivity contribution in [2.75, 3.05) is 13.2 Å². The number of carboxylic acids is 1. The van der Waals surface area contributed by atoms with Gasteiger partial charge < -0.3 is 25.2 Å². The number of rotatable bonds is 8. The highest BCUT2D eigenvalue weighted by Gasteiger charge is 2.53. The number of carbonyl (C=O) groups excluding carboxylic acids is 2. The molecule has 1 saturated heterocycles. The SMILES string of the molecule is O=C(O)CC(NC(=O)OCC1c2ccccc2-c2ccccc21)C(=O)NC1(C2CCCO2)CC1. The summed E-state index contributed by atoms with van der Waals surface area (Å²) in [4.78, 5) is 36.9. The number of ether oxygens (including phenoxy) is 2. The van der Waals surface area contributed by atoms with E-state index < -0.39 is 36.0 Å². The Morgan fingerprint density at radius 1 is 1.06 bits per heavy atom. The number of hydrogen-bond donors (Lipinski definition) is 3. The maximum atomic E-state index is 12.9. The molecule has 3 N–H and O–H groups in total. The van der Waals surface area contributed by atoms with Crippen molar-refractivity contribution in [3.8, 4) is 11.1 Å². The summed E-state index contributed by atoms with van der Waals surface area (Å²) >= 11 is 0. The monoisotopic (exact) mass is 464 g/mol. The van der Waals surface area contributed by atoms with Crippen LogP contribution in [-0.2, 0) is 19.1 Å². The average Bonchev–Trinajstić information content (AvgIpc) is 3.26. The fraction of sp³-hybridized carbons (Fsp3) is 0.423. The van der Waals surface area contributed by atoms with Gasteiger partial charge in [-0.15, -0.1) is 0 Å². The molecule has 0 spiro atoms. The molecule has 0 bridgehead atoms. The van der Waals surface area contributed by atoms with Crippen molar-refractivity contribution >= 4 is 18.0 Å². The molecular formula is C26H28N2O6. The Labute approximate surface area is 197 Å². The maximum Gasteiger partial charge on any atom is 0.407 e. The lowest BCUT2D eigenvalue weighted by Crippen LogP contribution is -2.54. The Balaban J connectivity index is 1.23. The number of hydrogen-bond acceptors (Lipinski definition) is 5. The Morgan fingerprint density at radius 3 is 2.26 bits per heavy atom. The zero-order valence-electron chi connectivity index (χ0n) is 18.8. The predicted molar refractivity (Wildman–Crippen MR) is 123 cm³/mol. The summed E-state index contributed by atoms with van der Waals surface area (Å²) in [6, 6.07) is 14.7. The van der Waals surface area contributed by atoms with Crippen molar-refractivity contribution in [1.29, 1.82) is 0 Å². The molecule has 2 aromatic rings. The van der Waals surface area contributed by atoms with Crippen molar-refractivity contribution in [2.24, 2.45) is 0 Å². The van der Waals surface area contributed by atoms with Gasteiger partial charge in [0.05, 0.1) is 18.1 Å². The summed E-state index contributed by atoms with van der Waals surface area (Å²) in [6.45, 7) is 0.750. The van der Waals surface area contributed by atoms with Crippen LogP contribution in [0.15, 0.2) is 48.5 Å². The molecule has 2 aliphatic carbocycles. The van der Waals surface area contributed by atoms with E-state index in [-0.39, 0.29) is 18.6 Å². The van der Waals surface area contributed by atoms with Gasteiger partial charge in [-0.05, 0) is 47.9 Å². The van der Waals surface area contributed by atoms with Gasteiger partial charge in [-0.25, -0.2) is 4.79 Å². The van der Waals surface area contributed by atoms with Crippen LogP contribution < -0.4 is 10.6 Å². The van der Waals surface area contributed by atoms with Gasteiger partial charge in [0.15, 0.2) is 0 Å². The first-order valence-electron chi connectivity index (χ1n) is 11.7. The molecule has 2 atom stereocenters. The van der Waals surface area contributed by atoms with Crippen LogP contribution in [0, 0.1) is 0 Å². The van der Waals surface area contributed by atoms with E-state index in [4.69, 9.17) is 9.47 Å². The maximum absolute atomic E-state index is 12.9. The van der Waals surface area contributed by atoms with Gasteiger partial charge >= 0.3 is 12.1 Å². The lowest BCUT2D eigenvalue weighted by Gasteiger charge is -2.26. The molecule has 1 saturated carbocycles. The Kier molecular flexibility index (Phi) is 6.00. The fourth-order valence-corrected chi connectivity index (χ4v) is 5.17. The van der Waals surface area contributed by atoms with Gasteiger partial charge in [0.2, 0.25) is 5.91 Å². The number of carbonyl (C=O) groups is 3. The number of aliphatic carboxylic acids is 1. The zero-order valence-corrected chi connectivity index (χ0v) is 18.8. The van der Waals surface area contributed by atoms with Gasteiger partial charge in [-0.2, -0.15) is 0 Å². The summed E-state index contributed by atoms with van der Waals surface area (Å²) in [5.74, 6) is -1.83. The molecule has 1 aliphatic heterocycles. The standard InChI is InChI=1S/C26H28N2O6/c29-23(30)14-21(24(31)28-26(11-12-26)22-10-5-13-33-22)27-25(32)34-15-20-18-8-3-1-6-16(18)17-7-2-4-9-19(17)20/h1-4,6-9,20-22H,5,10-15H2,(H,27,32)(H,28,31)(H,29,30). The van der Waals surface area contributed by atoms with E-state index in [1.54, 1.807) is 0 Å². The molecule has 0 aromatic heterocycles. The highest BCUT2D eigenvalue weighted by atomic mass is 16.5. The lowest BCUT2D eigenvalue weighted by atomic mass is 9.98. The molecular weight excluding hydrogens is 436 g/mol. The molecule has 178 valence electrons. The third kappa shape index (κ3) is 4.37. The number of alkyl carbamates (subject to hydrolysis) is 1. The van der Waals surface area contributed by atoms with Crippen LogP contribution in [0.25, 0.3) is 11.1 Å². The van der Waals surface area contributed by atoms with Crippen LogP contribution in [-0.4, -0.2) is 54.0 Å². The van der Waals surface area contributed by atoms with E-state index >= 15 is 0 Å². The molecule has 0 radical (unpaired) electrons. The summed E-state index contributed by atoms with van der Waals surface area (Å²) in [5.41, 5.74) is 3.91. The molecule has 8 nitrogen and oxygen atoms in total. The van der Waals surface area contributed by atoms with Gasteiger partial charge in [-0.1, -0.05) is 48.5 Å². The van der Waals surface area contributed by atoms with Crippen LogP contribution in [0.4, 0.5) is 4.79 Å². The number of carboxylic acid groups (broad SMARTS) is 1. The van der Waals surface area contributed by atoms with Gasteiger partial charge in [0, 0.05) is 12.5 Å². The van der Waals surface area contributed by atoms with Crippen molar-refractivity contribution in [1.82, 2.24) is 10.6 Å². The fourth-order valence-electron chi connectivity index (χ4n) is 5.17. The molecule has 8 heteroatoms. The quantitative estimate of drug-likeness (QED) is 0.553. The second-order valence-corrected chi connectivity index (χ2v) is 9.27. The predicted octanol–water partition coefficient (Wildman–Crippen LogP) is 3.20. The molecule has 2 amide bonds. The van der Waals surface area contributed by atoms with Crippen LogP contribution in [0.3, 0.4) is 0 Å². The van der Waals surface area contributed by atoms with Crippen molar-refractivity contribution in [3.63, 3.8) is 0 Å². The number of nitrogens with one attached hydrogen (secondary N) is 2. The number of fused-ring (bicyclic) bond motifs is 3. The number of benzene rings is 2. The minimum atomic E-state index is -1.23. The van der Waals surface area contributed by atoms with Gasteiger partial charge in [0.1, 0.15) is 12.6 Å². The summed E-state index contributed by atoms with van der Waals surface area (Å²) in [7, 11) is 0. The molecule has 3 aliphatic rings. The van der Waals surface area contributed by atoms with Crippen LogP contribution in [0.2, 0.25) is 0 Å². The Morgan fingerprint density at radius 2 is 1.71 bits per heavy atom. The van der Waals surface area contributed by atoms with E-state index in [9.17, 15) is 19.5 Å². The van der Waals surface area contributed by atoms with Crippen molar-refractivity contribution < 1.29 is 29.0 Å². The van der Waals surface area contributed by atoms with E-state index in [2.05, 4.69) is 10.6 Å². The lowest BCUT2D eigenvalue weighted by molar-refractivity contribution is -0.140. The highest BCUT2D eigenvalue weighted by molar-refractivity contribution is 5.90. The van der Waals surface area contributed by atoms with E-state index in [1.807, 2.05) is 48.5 Å². The van der Waals surface area contributed by atoms with E-state index in [1.165, 1.54) is 0 Å². The van der Waals surface area contributed by atoms with Gasteiger partial charge in [-0.3, -0.25) is 9.59 Å². The summed E-state index contributed by atoms with van der Waals surface area (Å²) < 4.78 is 11.2. The second-order valence-electron chi connectivity index (χ2n) is 9.27. The molecule has 1 heterocycles. The summed E-state index contributed by atoms with van der Waals surface area (Å²) in [6.07, 6.45) is 1.98. The molecule has 2 unspecified atom stereocenters.